The number of ketones is 1. The standard InChI is InChI=1S/C32H24ClN3O3/c33-21-15-16-25-23(18-21)32(30(39)35-25)31(22-13-7-8-14-24(22)34-29(31)38)27(28(37)20-11-5-2-6-12-20)26(36-32)17-19-9-3-1-4-10-19/h1-16,18,26-27,36H,17H2,(H,34,38)(H,35,39)/t26-,27+,31+,32-/m0/s1. The van der Waals surface area contributed by atoms with Crippen molar-refractivity contribution in [1.82, 2.24) is 5.32 Å². The molecule has 1 fully saturated rings. The Morgan fingerprint density at radius 3 is 2.15 bits per heavy atom. The highest BCUT2D eigenvalue weighted by atomic mass is 35.5. The number of nitrogens with one attached hydrogen (secondary N) is 3. The molecule has 6 nitrogen and oxygen atoms in total. The number of amides is 2. The summed E-state index contributed by atoms with van der Waals surface area (Å²) in [6.45, 7) is 0. The maximum Gasteiger partial charge on any atom is 0.250 e. The van der Waals surface area contributed by atoms with E-state index in [0.717, 1.165) is 5.56 Å². The normalized spacial score (nSPS) is 26.4. The molecule has 4 atom stereocenters. The summed E-state index contributed by atoms with van der Waals surface area (Å²) < 4.78 is 0. The van der Waals surface area contributed by atoms with Gasteiger partial charge in [0, 0.05) is 33.6 Å². The van der Waals surface area contributed by atoms with Crippen molar-refractivity contribution in [3.05, 3.63) is 130 Å². The molecule has 2 spiro atoms. The van der Waals surface area contributed by atoms with Gasteiger partial charge in [0.05, 0.1) is 5.92 Å². The monoisotopic (exact) mass is 533 g/mol. The second kappa shape index (κ2) is 8.63. The fraction of sp³-hybridized carbons (Fsp3) is 0.156. The van der Waals surface area contributed by atoms with Crippen LogP contribution < -0.4 is 16.0 Å². The van der Waals surface area contributed by atoms with Gasteiger partial charge in [0.15, 0.2) is 5.78 Å². The predicted octanol–water partition coefficient (Wildman–Crippen LogP) is 5.09. The Hall–Kier alpha value is -4.26. The third-order valence-electron chi connectivity index (χ3n) is 8.43. The molecular formula is C32H24ClN3O3. The molecule has 0 saturated carbocycles. The molecule has 2 amide bonds. The van der Waals surface area contributed by atoms with E-state index < -0.39 is 22.9 Å². The molecular weight excluding hydrogens is 510 g/mol. The highest BCUT2D eigenvalue weighted by Crippen LogP contribution is 2.62. The fourth-order valence-electron chi connectivity index (χ4n) is 6.98. The van der Waals surface area contributed by atoms with Crippen LogP contribution in [0.2, 0.25) is 5.02 Å². The van der Waals surface area contributed by atoms with Crippen LogP contribution in [-0.2, 0) is 27.0 Å². The number of carbonyl (C=O) groups excluding carboxylic acids is 3. The molecule has 3 heterocycles. The molecule has 7 heteroatoms. The van der Waals surface area contributed by atoms with Crippen LogP contribution in [0.15, 0.2) is 103 Å². The van der Waals surface area contributed by atoms with E-state index in [4.69, 9.17) is 11.6 Å². The van der Waals surface area contributed by atoms with Crippen LogP contribution >= 0.6 is 11.6 Å². The molecule has 1 saturated heterocycles. The van der Waals surface area contributed by atoms with Crippen molar-refractivity contribution in [3.63, 3.8) is 0 Å². The number of fused-ring (bicyclic) bond motifs is 5. The van der Waals surface area contributed by atoms with Crippen LogP contribution in [0.5, 0.6) is 0 Å². The second-order valence-corrected chi connectivity index (χ2v) is 10.8. The largest absolute Gasteiger partial charge is 0.325 e. The van der Waals surface area contributed by atoms with Gasteiger partial charge < -0.3 is 10.6 Å². The molecule has 0 bridgehead atoms. The number of benzene rings is 4. The highest BCUT2D eigenvalue weighted by molar-refractivity contribution is 6.31. The molecule has 0 aliphatic carbocycles. The van der Waals surface area contributed by atoms with Gasteiger partial charge in [0.2, 0.25) is 5.91 Å². The summed E-state index contributed by atoms with van der Waals surface area (Å²) in [5.41, 5.74) is 0.681. The van der Waals surface area contributed by atoms with Gasteiger partial charge in [-0.3, -0.25) is 19.7 Å². The van der Waals surface area contributed by atoms with Gasteiger partial charge in [-0.15, -0.1) is 0 Å². The lowest BCUT2D eigenvalue weighted by Gasteiger charge is -2.40. The average molecular weight is 534 g/mol. The van der Waals surface area contributed by atoms with E-state index >= 15 is 0 Å². The molecule has 39 heavy (non-hydrogen) atoms. The van der Waals surface area contributed by atoms with Gasteiger partial charge in [-0.2, -0.15) is 0 Å². The number of hydrogen-bond donors (Lipinski definition) is 3. The molecule has 0 radical (unpaired) electrons. The lowest BCUT2D eigenvalue weighted by molar-refractivity contribution is -0.132. The third kappa shape index (κ3) is 3.16. The summed E-state index contributed by atoms with van der Waals surface area (Å²) in [7, 11) is 0. The van der Waals surface area contributed by atoms with Crippen LogP contribution in [0.25, 0.3) is 0 Å². The first-order valence-corrected chi connectivity index (χ1v) is 13.3. The van der Waals surface area contributed by atoms with Gasteiger partial charge in [-0.1, -0.05) is 90.5 Å². The number of para-hydroxylation sites is 1. The first kappa shape index (κ1) is 23.8. The first-order chi connectivity index (χ1) is 19.0. The van der Waals surface area contributed by atoms with E-state index in [1.165, 1.54) is 0 Å². The first-order valence-electron chi connectivity index (χ1n) is 12.9. The Balaban J connectivity index is 1.56. The van der Waals surface area contributed by atoms with Gasteiger partial charge in [-0.05, 0) is 41.8 Å². The van der Waals surface area contributed by atoms with E-state index in [9.17, 15) is 14.4 Å². The Kier molecular flexibility index (Phi) is 5.27. The number of hydrogen-bond acceptors (Lipinski definition) is 4. The topological polar surface area (TPSA) is 87.3 Å². The Bertz CT molecular complexity index is 1660. The van der Waals surface area contributed by atoms with Crippen molar-refractivity contribution >= 4 is 40.6 Å². The lowest BCUT2D eigenvalue weighted by Crippen LogP contribution is -2.61. The molecule has 0 unspecified atom stereocenters. The average Bonchev–Trinajstić information content (AvgIpc) is 3.53. The zero-order chi connectivity index (χ0) is 26.8. The number of rotatable bonds is 4. The zero-order valence-corrected chi connectivity index (χ0v) is 21.5. The molecule has 192 valence electrons. The molecule has 0 aromatic heterocycles. The van der Waals surface area contributed by atoms with Crippen molar-refractivity contribution < 1.29 is 14.4 Å². The third-order valence-corrected chi connectivity index (χ3v) is 8.67. The van der Waals surface area contributed by atoms with E-state index in [-0.39, 0.29) is 17.6 Å². The molecule has 3 N–H and O–H groups in total. The van der Waals surface area contributed by atoms with Crippen molar-refractivity contribution in [2.24, 2.45) is 5.92 Å². The van der Waals surface area contributed by atoms with Crippen LogP contribution in [0.3, 0.4) is 0 Å². The molecule has 3 aliphatic heterocycles. The SMILES string of the molecule is O=C(c1ccccc1)[C@H]1[C@H](Cc2ccccc2)N[C@@]2(C(=O)Nc3ccc(Cl)cc32)[C@@]12C(=O)Nc1ccccc12. The Morgan fingerprint density at radius 1 is 0.744 bits per heavy atom. The van der Waals surface area contributed by atoms with Crippen LogP contribution in [0.4, 0.5) is 11.4 Å². The predicted molar refractivity (Wildman–Crippen MR) is 150 cm³/mol. The maximum absolute atomic E-state index is 14.6. The molecule has 3 aliphatic rings. The van der Waals surface area contributed by atoms with Gasteiger partial charge >= 0.3 is 0 Å². The van der Waals surface area contributed by atoms with E-state index in [1.54, 1.807) is 30.3 Å². The van der Waals surface area contributed by atoms with Crippen LogP contribution in [0.1, 0.15) is 27.0 Å². The minimum atomic E-state index is -1.57. The molecule has 7 rings (SSSR count). The number of Topliss-reactive ketones (excluding diaryl/α,β-unsaturated/α-hetero) is 1. The van der Waals surface area contributed by atoms with E-state index in [2.05, 4.69) is 16.0 Å². The summed E-state index contributed by atoms with van der Waals surface area (Å²) in [4.78, 5) is 43.4. The van der Waals surface area contributed by atoms with Crippen LogP contribution in [0, 0.1) is 5.92 Å². The van der Waals surface area contributed by atoms with Crippen molar-refractivity contribution in [3.8, 4) is 0 Å². The van der Waals surface area contributed by atoms with E-state index in [1.807, 2.05) is 72.8 Å². The van der Waals surface area contributed by atoms with Gasteiger partial charge in [0.1, 0.15) is 11.0 Å². The highest BCUT2D eigenvalue weighted by Gasteiger charge is 2.77. The van der Waals surface area contributed by atoms with Crippen molar-refractivity contribution in [1.29, 1.82) is 0 Å². The Labute approximate surface area is 230 Å². The summed E-state index contributed by atoms with van der Waals surface area (Å²) in [5, 5.41) is 10.1. The van der Waals surface area contributed by atoms with Gasteiger partial charge in [0.25, 0.3) is 5.91 Å². The summed E-state index contributed by atoms with van der Waals surface area (Å²) >= 11 is 6.49. The maximum atomic E-state index is 14.6. The minimum absolute atomic E-state index is 0.198. The van der Waals surface area contributed by atoms with Crippen molar-refractivity contribution in [2.75, 3.05) is 10.6 Å². The smallest absolute Gasteiger partial charge is 0.250 e. The molecule has 4 aromatic carbocycles. The number of halogens is 1. The van der Waals surface area contributed by atoms with E-state index in [0.29, 0.717) is 39.5 Å². The zero-order valence-electron chi connectivity index (χ0n) is 20.8. The number of carbonyl (C=O) groups is 3. The quantitative estimate of drug-likeness (QED) is 0.319. The lowest BCUT2D eigenvalue weighted by atomic mass is 9.57. The summed E-state index contributed by atoms with van der Waals surface area (Å²) in [5.74, 6) is -1.87. The fourth-order valence-corrected chi connectivity index (χ4v) is 7.15. The second-order valence-electron chi connectivity index (χ2n) is 10.4. The van der Waals surface area contributed by atoms with Gasteiger partial charge in [-0.25, -0.2) is 0 Å². The van der Waals surface area contributed by atoms with Crippen LogP contribution in [-0.4, -0.2) is 23.6 Å². The number of anilines is 2. The molecule has 4 aromatic rings. The summed E-state index contributed by atoms with van der Waals surface area (Å²) in [6.07, 6.45) is 0.437. The Morgan fingerprint density at radius 2 is 1.38 bits per heavy atom. The van der Waals surface area contributed by atoms with Crippen molar-refractivity contribution in [2.45, 2.75) is 23.4 Å². The minimum Gasteiger partial charge on any atom is -0.325 e. The summed E-state index contributed by atoms with van der Waals surface area (Å²) in [6, 6.07) is 30.8.